The van der Waals surface area contributed by atoms with Gasteiger partial charge in [0.2, 0.25) is 0 Å². The number of rotatable bonds is 6. The van der Waals surface area contributed by atoms with E-state index in [-0.39, 0.29) is 0 Å². The Morgan fingerprint density at radius 1 is 1.41 bits per heavy atom. The molecule has 0 saturated heterocycles. The van der Waals surface area contributed by atoms with Gasteiger partial charge in [-0.3, -0.25) is 0 Å². The van der Waals surface area contributed by atoms with Gasteiger partial charge >= 0.3 is 5.97 Å². The lowest BCUT2D eigenvalue weighted by atomic mass is 10.2. The fourth-order valence-electron chi connectivity index (χ4n) is 1.87. The van der Waals surface area contributed by atoms with E-state index in [1.165, 1.54) is 13.3 Å². The molecule has 0 unspecified atom stereocenters. The first-order chi connectivity index (χ1) is 10.3. The molecule has 0 N–H and O–H groups in total. The number of hydrogen-bond acceptors (Lipinski definition) is 5. The summed E-state index contributed by atoms with van der Waals surface area (Å²) < 4.78 is 12.9. The Kier molecular flexibility index (Phi) is 5.56. The van der Waals surface area contributed by atoms with Crippen LogP contribution < -0.4 is 0 Å². The summed E-state index contributed by atoms with van der Waals surface area (Å²) in [6, 6.07) is 2.87. The van der Waals surface area contributed by atoms with Crippen LogP contribution >= 0.6 is 22.6 Å². The first-order valence-corrected chi connectivity index (χ1v) is 11.8. The molecule has 2 rings (SSSR count). The summed E-state index contributed by atoms with van der Waals surface area (Å²) in [5.41, 5.74) is 1.14. The van der Waals surface area contributed by atoms with Gasteiger partial charge < -0.3 is 9.47 Å². The summed E-state index contributed by atoms with van der Waals surface area (Å²) in [5.74, 6) is -0.399. The van der Waals surface area contributed by atoms with Crippen LogP contribution in [0, 0.1) is 3.70 Å². The normalized spacial score (nSPS) is 11.9. The maximum atomic E-state index is 11.6. The van der Waals surface area contributed by atoms with Crippen LogP contribution in [0.15, 0.2) is 12.3 Å². The fraction of sp³-hybridized carbons (Fsp3) is 0.500. The lowest BCUT2D eigenvalue weighted by molar-refractivity contribution is 0.0600. The summed E-state index contributed by atoms with van der Waals surface area (Å²) in [6.45, 7) is 8.05. The molecule has 8 heteroatoms. The van der Waals surface area contributed by atoms with Crippen molar-refractivity contribution in [3.05, 3.63) is 21.5 Å². The van der Waals surface area contributed by atoms with Gasteiger partial charge in [0.1, 0.15) is 10.4 Å². The van der Waals surface area contributed by atoms with Crippen molar-refractivity contribution in [1.29, 1.82) is 0 Å². The van der Waals surface area contributed by atoms with E-state index in [0.29, 0.717) is 17.9 Å². The third-order valence-electron chi connectivity index (χ3n) is 3.17. The third-order valence-corrected chi connectivity index (χ3v) is 5.67. The molecule has 0 atom stereocenters. The highest BCUT2D eigenvalue weighted by Crippen LogP contribution is 2.20. The predicted molar refractivity (Wildman–Crippen MR) is 95.7 cm³/mol. The molecule has 6 nitrogen and oxygen atoms in total. The Morgan fingerprint density at radius 2 is 2.14 bits per heavy atom. The SMILES string of the molecule is COC(=O)c1cnc2c(c1)c(I)nn2COCC[Si](C)(C)C. The van der Waals surface area contributed by atoms with Crippen LogP contribution in [-0.2, 0) is 16.2 Å². The average Bonchev–Trinajstić information content (AvgIpc) is 2.78. The maximum absolute atomic E-state index is 11.6. The standard InChI is InChI=1S/C14H20IN3O3Si/c1-20-14(19)10-7-11-12(15)17-18(13(11)16-8-10)9-21-5-6-22(2,3)4/h7-8H,5-6,9H2,1-4H3. The number of nitrogens with zero attached hydrogens (tertiary/aromatic N) is 3. The highest BCUT2D eigenvalue weighted by Gasteiger charge is 2.15. The Hall–Kier alpha value is -1.00. The minimum absolute atomic E-state index is 0.370. The molecule has 0 amide bonds. The van der Waals surface area contributed by atoms with E-state index in [0.717, 1.165) is 21.7 Å². The molecule has 2 heterocycles. The van der Waals surface area contributed by atoms with Crippen LogP contribution in [0.5, 0.6) is 0 Å². The molecule has 0 bridgehead atoms. The van der Waals surface area contributed by atoms with Crippen molar-refractivity contribution in [1.82, 2.24) is 14.8 Å². The Labute approximate surface area is 144 Å². The van der Waals surface area contributed by atoms with E-state index in [9.17, 15) is 4.79 Å². The van der Waals surface area contributed by atoms with Crippen molar-refractivity contribution in [3.8, 4) is 0 Å². The van der Waals surface area contributed by atoms with E-state index >= 15 is 0 Å². The second-order valence-electron chi connectivity index (χ2n) is 6.23. The van der Waals surface area contributed by atoms with Gasteiger partial charge in [0, 0.05) is 20.9 Å². The maximum Gasteiger partial charge on any atom is 0.339 e. The van der Waals surface area contributed by atoms with Crippen LogP contribution in [0.2, 0.25) is 25.7 Å². The lowest BCUT2D eigenvalue weighted by Crippen LogP contribution is -2.22. The summed E-state index contributed by atoms with van der Waals surface area (Å²) >= 11 is 2.13. The number of hydrogen-bond donors (Lipinski definition) is 0. The lowest BCUT2D eigenvalue weighted by Gasteiger charge is -2.15. The van der Waals surface area contributed by atoms with Crippen LogP contribution in [0.3, 0.4) is 0 Å². The molecule has 0 aliphatic rings. The summed E-state index contributed by atoms with van der Waals surface area (Å²) in [7, 11) is 0.263. The van der Waals surface area contributed by atoms with Crippen LogP contribution in [0.4, 0.5) is 0 Å². The molecular weight excluding hydrogens is 413 g/mol. The van der Waals surface area contributed by atoms with Crippen LogP contribution in [0.25, 0.3) is 11.0 Å². The number of ether oxygens (including phenoxy) is 2. The van der Waals surface area contributed by atoms with Crippen molar-refractivity contribution in [3.63, 3.8) is 0 Å². The fourth-order valence-corrected chi connectivity index (χ4v) is 3.29. The molecule has 0 fully saturated rings. The molecule has 2 aromatic heterocycles. The van der Waals surface area contributed by atoms with Crippen molar-refractivity contribution in [2.75, 3.05) is 13.7 Å². The zero-order valence-corrected chi connectivity index (χ0v) is 16.4. The molecule has 0 aromatic carbocycles. The van der Waals surface area contributed by atoms with Crippen molar-refractivity contribution in [2.45, 2.75) is 32.4 Å². The number of aromatic nitrogens is 3. The average molecular weight is 433 g/mol. The number of esters is 1. The number of carbonyl (C=O) groups is 1. The Balaban J connectivity index is 2.13. The topological polar surface area (TPSA) is 66.2 Å². The Morgan fingerprint density at radius 3 is 2.77 bits per heavy atom. The first-order valence-electron chi connectivity index (χ1n) is 7.00. The third kappa shape index (κ3) is 4.26. The number of carbonyl (C=O) groups excluding carboxylic acids is 1. The Bertz CT molecular complexity index is 682. The molecule has 22 heavy (non-hydrogen) atoms. The largest absolute Gasteiger partial charge is 0.465 e. The zero-order valence-electron chi connectivity index (χ0n) is 13.2. The highest BCUT2D eigenvalue weighted by atomic mass is 127. The molecule has 0 spiro atoms. The molecular formula is C14H20IN3O3Si. The smallest absolute Gasteiger partial charge is 0.339 e. The van der Waals surface area contributed by atoms with Gasteiger partial charge in [0.15, 0.2) is 5.65 Å². The van der Waals surface area contributed by atoms with Gasteiger partial charge in [-0.25, -0.2) is 14.5 Å². The van der Waals surface area contributed by atoms with Gasteiger partial charge in [-0.1, -0.05) is 19.6 Å². The van der Waals surface area contributed by atoms with Crippen LogP contribution in [0.1, 0.15) is 10.4 Å². The number of halogens is 1. The minimum atomic E-state index is -1.09. The van der Waals surface area contributed by atoms with Crippen molar-refractivity contribution >= 4 is 47.7 Å². The summed E-state index contributed by atoms with van der Waals surface area (Å²) in [5, 5.41) is 5.26. The first kappa shape index (κ1) is 17.4. The quantitative estimate of drug-likeness (QED) is 0.303. The summed E-state index contributed by atoms with van der Waals surface area (Å²) in [6.07, 6.45) is 1.50. The highest BCUT2D eigenvalue weighted by molar-refractivity contribution is 14.1. The van der Waals surface area contributed by atoms with Gasteiger partial charge in [-0.2, -0.15) is 5.10 Å². The molecule has 0 saturated carbocycles. The number of methoxy groups -OCH3 is 1. The van der Waals surface area contributed by atoms with Gasteiger partial charge in [-0.05, 0) is 34.7 Å². The van der Waals surface area contributed by atoms with Gasteiger partial charge in [-0.15, -0.1) is 0 Å². The van der Waals surface area contributed by atoms with Gasteiger partial charge in [0.25, 0.3) is 0 Å². The molecule has 0 radical (unpaired) electrons. The van der Waals surface area contributed by atoms with E-state index < -0.39 is 14.0 Å². The van der Waals surface area contributed by atoms with E-state index in [1.54, 1.807) is 10.7 Å². The van der Waals surface area contributed by atoms with E-state index in [2.05, 4.69) is 52.3 Å². The number of fused-ring (bicyclic) bond motifs is 1. The predicted octanol–water partition coefficient (Wildman–Crippen LogP) is 3.13. The molecule has 120 valence electrons. The summed E-state index contributed by atoms with van der Waals surface area (Å²) in [4.78, 5) is 15.9. The molecule has 0 aliphatic heterocycles. The minimum Gasteiger partial charge on any atom is -0.465 e. The molecule has 2 aromatic rings. The van der Waals surface area contributed by atoms with Gasteiger partial charge in [0.05, 0.1) is 18.1 Å². The molecule has 0 aliphatic carbocycles. The van der Waals surface area contributed by atoms with Crippen molar-refractivity contribution < 1.29 is 14.3 Å². The van der Waals surface area contributed by atoms with Crippen molar-refractivity contribution in [2.24, 2.45) is 0 Å². The second-order valence-corrected chi connectivity index (χ2v) is 12.9. The van der Waals surface area contributed by atoms with E-state index in [1.807, 2.05) is 0 Å². The number of pyridine rings is 1. The zero-order chi connectivity index (χ0) is 16.3. The van der Waals surface area contributed by atoms with E-state index in [4.69, 9.17) is 9.47 Å². The van der Waals surface area contributed by atoms with Crippen LogP contribution in [-0.4, -0.2) is 42.5 Å². The second kappa shape index (κ2) is 7.05. The monoisotopic (exact) mass is 433 g/mol.